The maximum Gasteiger partial charge on any atom is 0.279 e. The summed E-state index contributed by atoms with van der Waals surface area (Å²) in [6.07, 6.45) is 0.691. The molecule has 2 fully saturated rings. The third-order valence-corrected chi connectivity index (χ3v) is 7.82. The van der Waals surface area contributed by atoms with Gasteiger partial charge in [-0.25, -0.2) is 22.6 Å². The predicted octanol–water partition coefficient (Wildman–Crippen LogP) is 0.162. The number of rotatable bonds is 6. The Hall–Kier alpha value is -1.63. The summed E-state index contributed by atoms with van der Waals surface area (Å²) in [7, 11) is -4.01. The summed E-state index contributed by atoms with van der Waals surface area (Å²) in [4.78, 5) is 11.9. The van der Waals surface area contributed by atoms with Crippen LogP contribution in [-0.4, -0.2) is 72.2 Å². The molecule has 0 aromatic heterocycles. The molecule has 1 amide bonds. The molecule has 2 atom stereocenters. The SMILES string of the molecule is O=C(NO)C1(O)COCCC1S(=O)(=O)N1CCC(OCc2ccc(F)cc2)CC1. The van der Waals surface area contributed by atoms with E-state index >= 15 is 0 Å². The summed E-state index contributed by atoms with van der Waals surface area (Å²) in [5.41, 5.74) is -0.209. The van der Waals surface area contributed by atoms with Crippen LogP contribution in [0.3, 0.4) is 0 Å². The van der Waals surface area contributed by atoms with Gasteiger partial charge in [-0.3, -0.25) is 10.0 Å². The molecule has 0 saturated carbocycles. The molecule has 0 spiro atoms. The zero-order valence-corrected chi connectivity index (χ0v) is 16.6. The average molecular weight is 432 g/mol. The van der Waals surface area contributed by atoms with Crippen LogP contribution < -0.4 is 5.48 Å². The number of carbonyl (C=O) groups excluding carboxylic acids is 1. The van der Waals surface area contributed by atoms with Crippen molar-refractivity contribution in [1.82, 2.24) is 9.79 Å². The van der Waals surface area contributed by atoms with Gasteiger partial charge in [0.1, 0.15) is 11.1 Å². The number of hydrogen-bond donors (Lipinski definition) is 3. The van der Waals surface area contributed by atoms with Gasteiger partial charge in [-0.05, 0) is 37.0 Å². The summed E-state index contributed by atoms with van der Waals surface area (Å²) < 4.78 is 51.2. The summed E-state index contributed by atoms with van der Waals surface area (Å²) >= 11 is 0. The predicted molar refractivity (Wildman–Crippen MR) is 98.8 cm³/mol. The zero-order valence-electron chi connectivity index (χ0n) is 15.8. The molecule has 3 N–H and O–H groups in total. The monoisotopic (exact) mass is 432 g/mol. The van der Waals surface area contributed by atoms with E-state index in [0.29, 0.717) is 19.4 Å². The number of nitrogens with one attached hydrogen (secondary N) is 1. The minimum absolute atomic E-state index is 0.0623. The first-order valence-corrected chi connectivity index (χ1v) is 10.9. The Balaban J connectivity index is 1.60. The van der Waals surface area contributed by atoms with Gasteiger partial charge in [-0.15, -0.1) is 0 Å². The minimum Gasteiger partial charge on any atom is -0.378 e. The van der Waals surface area contributed by atoms with Crippen LogP contribution in [0.4, 0.5) is 4.39 Å². The number of amides is 1. The highest BCUT2D eigenvalue weighted by molar-refractivity contribution is 7.89. The fourth-order valence-corrected chi connectivity index (χ4v) is 5.82. The van der Waals surface area contributed by atoms with Crippen molar-refractivity contribution < 1.29 is 37.4 Å². The van der Waals surface area contributed by atoms with Crippen molar-refractivity contribution in [2.45, 2.75) is 42.8 Å². The fraction of sp³-hybridized carbons (Fsp3) is 0.611. The molecule has 2 heterocycles. The normalized spacial score (nSPS) is 26.9. The standard InChI is InChI=1S/C18H25FN2O7S/c19-14-3-1-13(2-4-14)11-28-15-5-8-21(9-6-15)29(25,26)16-7-10-27-12-18(16,23)17(22)20-24/h1-4,15-16,23-24H,5-12H2,(H,20,22). The fourth-order valence-electron chi connectivity index (χ4n) is 3.68. The minimum atomic E-state index is -4.01. The number of ether oxygens (including phenoxy) is 2. The molecule has 1 aromatic carbocycles. The van der Waals surface area contributed by atoms with E-state index in [1.165, 1.54) is 21.9 Å². The first-order chi connectivity index (χ1) is 13.8. The second-order valence-corrected chi connectivity index (χ2v) is 9.39. The van der Waals surface area contributed by atoms with Crippen molar-refractivity contribution in [3.8, 4) is 0 Å². The van der Waals surface area contributed by atoms with E-state index in [1.54, 1.807) is 12.1 Å². The van der Waals surface area contributed by atoms with E-state index in [-0.39, 0.29) is 38.0 Å². The molecule has 2 aliphatic heterocycles. The molecule has 3 rings (SSSR count). The van der Waals surface area contributed by atoms with Gasteiger partial charge in [0.05, 0.1) is 19.3 Å². The van der Waals surface area contributed by atoms with Crippen LogP contribution >= 0.6 is 0 Å². The Bertz CT molecular complexity index is 812. The van der Waals surface area contributed by atoms with Crippen molar-refractivity contribution in [1.29, 1.82) is 0 Å². The Kier molecular flexibility index (Phi) is 6.87. The van der Waals surface area contributed by atoms with E-state index in [1.807, 2.05) is 0 Å². The molecular formula is C18H25FN2O7S. The molecule has 0 bridgehead atoms. The van der Waals surface area contributed by atoms with Gasteiger partial charge in [0.15, 0.2) is 5.60 Å². The maximum absolute atomic E-state index is 13.1. The van der Waals surface area contributed by atoms with Crippen LogP contribution in [0.25, 0.3) is 0 Å². The number of aliphatic hydroxyl groups is 1. The van der Waals surface area contributed by atoms with Gasteiger partial charge in [-0.2, -0.15) is 0 Å². The molecule has 2 aliphatic rings. The lowest BCUT2D eigenvalue weighted by atomic mass is 9.95. The van der Waals surface area contributed by atoms with Crippen molar-refractivity contribution in [3.63, 3.8) is 0 Å². The van der Waals surface area contributed by atoms with Gasteiger partial charge < -0.3 is 14.6 Å². The molecule has 9 nitrogen and oxygen atoms in total. The third-order valence-electron chi connectivity index (χ3n) is 5.39. The van der Waals surface area contributed by atoms with Gasteiger partial charge in [0.2, 0.25) is 10.0 Å². The number of benzene rings is 1. The van der Waals surface area contributed by atoms with E-state index in [0.717, 1.165) is 5.56 Å². The highest BCUT2D eigenvalue weighted by atomic mass is 32.2. The number of sulfonamides is 1. The van der Waals surface area contributed by atoms with E-state index < -0.39 is 33.4 Å². The van der Waals surface area contributed by atoms with E-state index in [2.05, 4.69) is 0 Å². The second kappa shape index (κ2) is 9.02. The first-order valence-electron chi connectivity index (χ1n) is 9.37. The van der Waals surface area contributed by atoms with Crippen molar-refractivity contribution in [2.75, 3.05) is 26.3 Å². The second-order valence-electron chi connectivity index (χ2n) is 7.28. The smallest absolute Gasteiger partial charge is 0.279 e. The molecule has 1 aromatic rings. The summed E-state index contributed by atoms with van der Waals surface area (Å²) in [6.45, 7) is 0.242. The van der Waals surface area contributed by atoms with Crippen LogP contribution in [0.5, 0.6) is 0 Å². The topological polar surface area (TPSA) is 125 Å². The Labute approximate surface area is 168 Å². The van der Waals surface area contributed by atoms with Crippen LogP contribution in [0.1, 0.15) is 24.8 Å². The Morgan fingerprint density at radius 2 is 1.93 bits per heavy atom. The number of carbonyl (C=O) groups is 1. The molecule has 2 saturated heterocycles. The van der Waals surface area contributed by atoms with Crippen LogP contribution in [0.2, 0.25) is 0 Å². The number of nitrogens with zero attached hydrogens (tertiary/aromatic N) is 1. The lowest BCUT2D eigenvalue weighted by Gasteiger charge is -2.41. The molecule has 2 unspecified atom stereocenters. The third kappa shape index (κ3) is 4.76. The van der Waals surface area contributed by atoms with Crippen LogP contribution in [0.15, 0.2) is 24.3 Å². The van der Waals surface area contributed by atoms with Gasteiger partial charge in [0, 0.05) is 19.7 Å². The molecule has 11 heteroatoms. The largest absolute Gasteiger partial charge is 0.378 e. The molecule has 29 heavy (non-hydrogen) atoms. The maximum atomic E-state index is 13.1. The van der Waals surface area contributed by atoms with Gasteiger partial charge in [-0.1, -0.05) is 12.1 Å². The highest BCUT2D eigenvalue weighted by Crippen LogP contribution is 2.31. The molecule has 0 radical (unpaired) electrons. The zero-order chi connectivity index (χ0) is 21.1. The summed E-state index contributed by atoms with van der Waals surface area (Å²) in [5.74, 6) is -1.53. The van der Waals surface area contributed by atoms with Crippen LogP contribution in [-0.2, 0) is 30.9 Å². The van der Waals surface area contributed by atoms with Crippen molar-refractivity contribution in [2.24, 2.45) is 0 Å². The van der Waals surface area contributed by atoms with Crippen LogP contribution in [0, 0.1) is 5.82 Å². The average Bonchev–Trinajstić information content (AvgIpc) is 2.73. The Morgan fingerprint density at radius 3 is 2.55 bits per heavy atom. The molecule has 0 aliphatic carbocycles. The van der Waals surface area contributed by atoms with Crippen molar-refractivity contribution in [3.05, 3.63) is 35.6 Å². The number of piperidine rings is 1. The quantitative estimate of drug-likeness (QED) is 0.432. The van der Waals surface area contributed by atoms with Gasteiger partial charge >= 0.3 is 0 Å². The number of halogens is 1. The summed E-state index contributed by atoms with van der Waals surface area (Å²) in [6, 6.07) is 5.97. The first kappa shape index (κ1) is 22.1. The molecular weight excluding hydrogens is 407 g/mol. The molecule has 162 valence electrons. The van der Waals surface area contributed by atoms with Gasteiger partial charge in [0.25, 0.3) is 5.91 Å². The number of hydrogen-bond acceptors (Lipinski definition) is 7. The van der Waals surface area contributed by atoms with E-state index in [9.17, 15) is 22.7 Å². The Morgan fingerprint density at radius 1 is 1.28 bits per heavy atom. The highest BCUT2D eigenvalue weighted by Gasteiger charge is 2.54. The van der Waals surface area contributed by atoms with Crippen molar-refractivity contribution >= 4 is 15.9 Å². The lowest BCUT2D eigenvalue weighted by Crippen LogP contribution is -2.64. The number of hydroxylamine groups is 1. The summed E-state index contributed by atoms with van der Waals surface area (Å²) in [5, 5.41) is 18.1. The van der Waals surface area contributed by atoms with E-state index in [4.69, 9.17) is 14.7 Å². The lowest BCUT2D eigenvalue weighted by molar-refractivity contribution is -0.161.